The van der Waals surface area contributed by atoms with Gasteiger partial charge < -0.3 is 9.47 Å². The number of ether oxygens (including phenoxy) is 2. The van der Waals surface area contributed by atoms with Crippen LogP contribution in [-0.4, -0.2) is 28.8 Å². The van der Waals surface area contributed by atoms with E-state index in [9.17, 15) is 4.79 Å². The number of hydrogen-bond donors (Lipinski definition) is 0. The summed E-state index contributed by atoms with van der Waals surface area (Å²) in [4.78, 5) is 20.4. The molecule has 0 unspecified atom stereocenters. The zero-order valence-electron chi connectivity index (χ0n) is 11.4. The fraction of sp³-hybridized carbons (Fsp3) is 0.308. The molecule has 7 heteroatoms. The lowest BCUT2D eigenvalue weighted by molar-refractivity contribution is 0.400. The molecule has 0 radical (unpaired) electrons. The molecule has 0 spiro atoms. The predicted octanol–water partition coefficient (Wildman–Crippen LogP) is 1.67. The van der Waals surface area contributed by atoms with Gasteiger partial charge in [0.05, 0.1) is 32.8 Å². The van der Waals surface area contributed by atoms with Gasteiger partial charge in [-0.15, -0.1) is 0 Å². The minimum atomic E-state index is -0.352. The molecule has 6 nitrogen and oxygen atoms in total. The van der Waals surface area contributed by atoms with E-state index in [1.165, 1.54) is 18.0 Å². The highest BCUT2D eigenvalue weighted by molar-refractivity contribution is 6.30. The zero-order valence-corrected chi connectivity index (χ0v) is 12.1. The Morgan fingerprint density at radius 1 is 1.30 bits per heavy atom. The van der Waals surface area contributed by atoms with Crippen molar-refractivity contribution < 1.29 is 9.47 Å². The third kappa shape index (κ3) is 2.91. The van der Waals surface area contributed by atoms with Crippen molar-refractivity contribution in [2.75, 3.05) is 14.2 Å². The van der Waals surface area contributed by atoms with Crippen molar-refractivity contribution in [3.8, 4) is 11.5 Å². The maximum absolute atomic E-state index is 12.1. The van der Waals surface area contributed by atoms with Crippen molar-refractivity contribution in [3.63, 3.8) is 0 Å². The van der Waals surface area contributed by atoms with E-state index < -0.39 is 0 Å². The van der Waals surface area contributed by atoms with E-state index in [1.807, 2.05) is 13.0 Å². The average Bonchev–Trinajstić information content (AvgIpc) is 2.42. The molecule has 2 heterocycles. The second-order valence-corrected chi connectivity index (χ2v) is 4.50. The number of aryl methyl sites for hydroxylation is 1. The summed E-state index contributed by atoms with van der Waals surface area (Å²) in [6.07, 6.45) is 1.36. The van der Waals surface area contributed by atoms with Gasteiger partial charge in [-0.1, -0.05) is 11.6 Å². The van der Waals surface area contributed by atoms with Crippen LogP contribution >= 0.6 is 11.6 Å². The lowest BCUT2D eigenvalue weighted by Gasteiger charge is -2.09. The van der Waals surface area contributed by atoms with Gasteiger partial charge in [0, 0.05) is 17.8 Å². The van der Waals surface area contributed by atoms with Crippen LogP contribution in [0.15, 0.2) is 23.3 Å². The van der Waals surface area contributed by atoms with Crippen molar-refractivity contribution in [1.29, 1.82) is 0 Å². The lowest BCUT2D eigenvalue weighted by atomic mass is 10.3. The minimum Gasteiger partial charge on any atom is -0.497 e. The SMILES string of the molecule is COc1cc(C)nc(Cn2cnc(Cl)c(OC)c2=O)c1. The topological polar surface area (TPSA) is 66.2 Å². The van der Waals surface area contributed by atoms with E-state index in [2.05, 4.69) is 9.97 Å². The van der Waals surface area contributed by atoms with Gasteiger partial charge in [-0.05, 0) is 6.92 Å². The number of halogens is 1. The Balaban J connectivity index is 2.40. The summed E-state index contributed by atoms with van der Waals surface area (Å²) in [7, 11) is 2.96. The summed E-state index contributed by atoms with van der Waals surface area (Å²) in [6.45, 7) is 2.12. The molecule has 0 aromatic carbocycles. The molecule has 0 N–H and O–H groups in total. The molecule has 0 saturated carbocycles. The van der Waals surface area contributed by atoms with Crippen LogP contribution < -0.4 is 15.0 Å². The molecule has 0 aliphatic heterocycles. The molecule has 20 heavy (non-hydrogen) atoms. The number of rotatable bonds is 4. The predicted molar refractivity (Wildman–Crippen MR) is 74.7 cm³/mol. The fourth-order valence-corrected chi connectivity index (χ4v) is 2.01. The van der Waals surface area contributed by atoms with Crippen molar-refractivity contribution in [3.05, 3.63) is 45.4 Å². The van der Waals surface area contributed by atoms with E-state index in [-0.39, 0.29) is 23.0 Å². The molecule has 0 aliphatic carbocycles. The second kappa shape index (κ2) is 5.92. The molecule has 0 amide bonds. The molecule has 0 bridgehead atoms. The molecule has 2 rings (SSSR count). The Kier molecular flexibility index (Phi) is 4.24. The number of methoxy groups -OCH3 is 2. The van der Waals surface area contributed by atoms with Gasteiger partial charge in [-0.3, -0.25) is 14.3 Å². The first-order valence-corrected chi connectivity index (χ1v) is 6.23. The van der Waals surface area contributed by atoms with Gasteiger partial charge in [-0.25, -0.2) is 4.98 Å². The van der Waals surface area contributed by atoms with Crippen molar-refractivity contribution in [2.24, 2.45) is 0 Å². The number of aromatic nitrogens is 3. The Morgan fingerprint density at radius 2 is 2.05 bits per heavy atom. The van der Waals surface area contributed by atoms with Crippen LogP contribution in [-0.2, 0) is 6.54 Å². The zero-order chi connectivity index (χ0) is 14.7. The van der Waals surface area contributed by atoms with Crippen LogP contribution in [0.5, 0.6) is 11.5 Å². The maximum Gasteiger partial charge on any atom is 0.297 e. The van der Waals surface area contributed by atoms with Crippen LogP contribution in [0.1, 0.15) is 11.4 Å². The van der Waals surface area contributed by atoms with Crippen molar-refractivity contribution in [1.82, 2.24) is 14.5 Å². The van der Waals surface area contributed by atoms with Crippen LogP contribution in [0.2, 0.25) is 5.15 Å². The monoisotopic (exact) mass is 295 g/mol. The maximum atomic E-state index is 12.1. The normalized spacial score (nSPS) is 10.4. The Labute approximate surface area is 121 Å². The van der Waals surface area contributed by atoms with Gasteiger partial charge in [0.1, 0.15) is 5.75 Å². The molecule has 106 valence electrons. The largest absolute Gasteiger partial charge is 0.497 e. The van der Waals surface area contributed by atoms with E-state index in [4.69, 9.17) is 21.1 Å². The molecular weight excluding hydrogens is 282 g/mol. The second-order valence-electron chi connectivity index (χ2n) is 4.14. The standard InChI is InChI=1S/C13H14ClN3O3/c1-8-4-10(19-2)5-9(16-8)6-17-7-15-12(14)11(20-3)13(17)18/h4-5,7H,6H2,1-3H3. The number of nitrogens with zero attached hydrogens (tertiary/aromatic N) is 3. The van der Waals surface area contributed by atoms with Crippen LogP contribution in [0.25, 0.3) is 0 Å². The Bertz CT molecular complexity index is 685. The third-order valence-electron chi connectivity index (χ3n) is 2.71. The molecule has 0 atom stereocenters. The Morgan fingerprint density at radius 3 is 2.70 bits per heavy atom. The molecule has 0 aliphatic rings. The molecule has 0 fully saturated rings. The highest BCUT2D eigenvalue weighted by Crippen LogP contribution is 2.16. The highest BCUT2D eigenvalue weighted by atomic mass is 35.5. The lowest BCUT2D eigenvalue weighted by Crippen LogP contribution is -2.23. The number of pyridine rings is 1. The van der Waals surface area contributed by atoms with E-state index in [0.29, 0.717) is 11.4 Å². The summed E-state index contributed by atoms with van der Waals surface area (Å²) >= 11 is 5.79. The van der Waals surface area contributed by atoms with Crippen LogP contribution in [0.3, 0.4) is 0 Å². The quantitative estimate of drug-likeness (QED) is 0.803. The van der Waals surface area contributed by atoms with Gasteiger partial charge in [0.2, 0.25) is 5.75 Å². The average molecular weight is 296 g/mol. The van der Waals surface area contributed by atoms with Gasteiger partial charge >= 0.3 is 0 Å². The number of hydrogen-bond acceptors (Lipinski definition) is 5. The third-order valence-corrected chi connectivity index (χ3v) is 2.97. The molecular formula is C13H14ClN3O3. The fourth-order valence-electron chi connectivity index (χ4n) is 1.81. The van der Waals surface area contributed by atoms with Gasteiger partial charge in [0.15, 0.2) is 5.15 Å². The van der Waals surface area contributed by atoms with Crippen molar-refractivity contribution in [2.45, 2.75) is 13.5 Å². The smallest absolute Gasteiger partial charge is 0.297 e. The molecule has 2 aromatic heterocycles. The first-order valence-electron chi connectivity index (χ1n) is 5.85. The first-order chi connectivity index (χ1) is 9.55. The van der Waals surface area contributed by atoms with Crippen LogP contribution in [0.4, 0.5) is 0 Å². The molecule has 0 saturated heterocycles. The summed E-state index contributed by atoms with van der Waals surface area (Å²) in [5.74, 6) is 0.711. The van der Waals surface area contributed by atoms with E-state index in [1.54, 1.807) is 13.2 Å². The first kappa shape index (κ1) is 14.3. The summed E-state index contributed by atoms with van der Waals surface area (Å²) in [6, 6.07) is 3.58. The summed E-state index contributed by atoms with van der Waals surface area (Å²) < 4.78 is 11.5. The van der Waals surface area contributed by atoms with Crippen LogP contribution in [0, 0.1) is 6.92 Å². The van der Waals surface area contributed by atoms with E-state index in [0.717, 1.165) is 5.69 Å². The Hall–Kier alpha value is -2.08. The summed E-state index contributed by atoms with van der Waals surface area (Å²) in [5, 5.41) is 0.0449. The minimum absolute atomic E-state index is 0.0220. The van der Waals surface area contributed by atoms with Gasteiger partial charge in [0.25, 0.3) is 5.56 Å². The highest BCUT2D eigenvalue weighted by Gasteiger charge is 2.11. The van der Waals surface area contributed by atoms with Gasteiger partial charge in [-0.2, -0.15) is 0 Å². The van der Waals surface area contributed by atoms with E-state index >= 15 is 0 Å². The molecule has 2 aromatic rings. The van der Waals surface area contributed by atoms with Crippen molar-refractivity contribution >= 4 is 11.6 Å². The summed E-state index contributed by atoms with van der Waals surface area (Å²) in [5.41, 5.74) is 1.14.